The monoisotopic (exact) mass is 448 g/mol. The maximum absolute atomic E-state index is 14.4. The van der Waals surface area contributed by atoms with Crippen LogP contribution in [0.3, 0.4) is 0 Å². The third-order valence-electron chi connectivity index (χ3n) is 5.08. The number of pyridine rings is 1. The number of cyclic esters (lactones) is 1. The molecule has 166 valence electrons. The number of fused-ring (bicyclic) bond motifs is 2. The Morgan fingerprint density at radius 2 is 2.00 bits per heavy atom. The Hall–Kier alpha value is -3.18. The van der Waals surface area contributed by atoms with Gasteiger partial charge in [-0.2, -0.15) is 22.0 Å². The Morgan fingerprint density at radius 1 is 1.23 bits per heavy atom. The number of hydrogen-bond donors (Lipinski definition) is 0. The first kappa shape index (κ1) is 21.1. The molecule has 2 aliphatic heterocycles. The third kappa shape index (κ3) is 3.59. The number of rotatable bonds is 3. The molecule has 1 atom stereocenters. The molecule has 2 aliphatic rings. The van der Waals surface area contributed by atoms with Crippen molar-refractivity contribution in [2.75, 3.05) is 18.1 Å². The third-order valence-corrected chi connectivity index (χ3v) is 5.08. The second-order valence-corrected chi connectivity index (χ2v) is 6.91. The van der Waals surface area contributed by atoms with E-state index in [2.05, 4.69) is 9.72 Å². The van der Waals surface area contributed by atoms with E-state index in [1.54, 1.807) is 0 Å². The van der Waals surface area contributed by atoms with Gasteiger partial charge >= 0.3 is 18.9 Å². The summed E-state index contributed by atoms with van der Waals surface area (Å²) in [5, 5.41) is 0. The summed E-state index contributed by atoms with van der Waals surface area (Å²) in [6, 6.07) is 4.30. The molecular formula is C19H14F6N2O4. The second kappa shape index (κ2) is 7.50. The number of carbonyl (C=O) groups is 1. The molecular weight excluding hydrogens is 434 g/mol. The van der Waals surface area contributed by atoms with Crippen LogP contribution in [-0.4, -0.2) is 30.9 Å². The van der Waals surface area contributed by atoms with Gasteiger partial charge in [-0.05, 0) is 25.0 Å². The summed E-state index contributed by atoms with van der Waals surface area (Å²) < 4.78 is 94.5. The van der Waals surface area contributed by atoms with Gasteiger partial charge in [-0.15, -0.1) is 0 Å². The number of hydrogen-bond acceptors (Lipinski definition) is 5. The highest BCUT2D eigenvalue weighted by Crippen LogP contribution is 2.49. The molecule has 1 spiro atoms. The highest BCUT2D eigenvalue weighted by atomic mass is 19.4. The van der Waals surface area contributed by atoms with Gasteiger partial charge in [-0.1, -0.05) is 12.1 Å². The molecule has 1 fully saturated rings. The number of alkyl halides is 5. The first-order valence-corrected chi connectivity index (χ1v) is 9.04. The highest BCUT2D eigenvalue weighted by Gasteiger charge is 2.53. The number of ether oxygens (including phenoxy) is 3. The number of benzene rings is 1. The van der Waals surface area contributed by atoms with E-state index in [1.807, 2.05) is 0 Å². The minimum absolute atomic E-state index is 0.0958. The molecule has 2 aromatic rings. The maximum atomic E-state index is 14.4. The van der Waals surface area contributed by atoms with E-state index in [0.29, 0.717) is 18.7 Å². The molecule has 0 saturated carbocycles. The van der Waals surface area contributed by atoms with Crippen LogP contribution in [0.5, 0.6) is 11.5 Å². The van der Waals surface area contributed by atoms with E-state index in [4.69, 9.17) is 9.47 Å². The van der Waals surface area contributed by atoms with Crippen molar-refractivity contribution >= 4 is 11.9 Å². The average Bonchev–Trinajstić information content (AvgIpc) is 2.89. The van der Waals surface area contributed by atoms with Crippen molar-refractivity contribution in [3.63, 3.8) is 0 Å². The number of amides is 1. The molecule has 1 unspecified atom stereocenters. The molecule has 3 heterocycles. The molecule has 0 N–H and O–H groups in total. The standard InChI is InChI=1S/C19H14F6N2O4/c20-12-4-1-3-11-14(12)29-6-2-5-18(11)9-30-17(28)27(18)15-13(31-16(21)22)7-10(8-26-15)19(23,24)25/h1,3-4,7-8,16H,2,5-6,9H2. The Labute approximate surface area is 171 Å². The molecule has 1 amide bonds. The number of anilines is 1. The fraction of sp³-hybridized carbons (Fsp3) is 0.368. The number of halogens is 6. The zero-order valence-electron chi connectivity index (χ0n) is 15.6. The molecule has 4 rings (SSSR count). The summed E-state index contributed by atoms with van der Waals surface area (Å²) in [6.45, 7) is -3.71. The lowest BCUT2D eigenvalue weighted by molar-refractivity contribution is -0.138. The van der Waals surface area contributed by atoms with Crippen LogP contribution >= 0.6 is 0 Å². The Balaban J connectivity index is 1.91. The van der Waals surface area contributed by atoms with Gasteiger partial charge in [0.25, 0.3) is 0 Å². The zero-order valence-corrected chi connectivity index (χ0v) is 15.6. The minimum Gasteiger partial charge on any atom is -0.490 e. The van der Waals surface area contributed by atoms with E-state index in [9.17, 15) is 31.1 Å². The Bertz CT molecular complexity index is 1020. The normalized spacial score (nSPS) is 21.0. The van der Waals surface area contributed by atoms with Crippen LogP contribution in [-0.2, 0) is 16.5 Å². The predicted octanol–water partition coefficient (Wildman–Crippen LogP) is 4.87. The van der Waals surface area contributed by atoms with Crippen molar-refractivity contribution in [3.05, 3.63) is 47.4 Å². The first-order valence-electron chi connectivity index (χ1n) is 9.04. The van der Waals surface area contributed by atoms with Crippen molar-refractivity contribution in [3.8, 4) is 11.5 Å². The number of carbonyl (C=O) groups excluding carboxylic acids is 1. The number of para-hydroxylation sites is 1. The van der Waals surface area contributed by atoms with Gasteiger partial charge in [0.05, 0.1) is 12.2 Å². The fourth-order valence-corrected chi connectivity index (χ4v) is 3.79. The molecule has 12 heteroatoms. The quantitative estimate of drug-likeness (QED) is 0.628. The second-order valence-electron chi connectivity index (χ2n) is 6.91. The van der Waals surface area contributed by atoms with Gasteiger partial charge in [0.2, 0.25) is 0 Å². The summed E-state index contributed by atoms with van der Waals surface area (Å²) in [5.74, 6) is -2.45. The lowest BCUT2D eigenvalue weighted by Gasteiger charge is -2.35. The van der Waals surface area contributed by atoms with E-state index in [-0.39, 0.29) is 30.9 Å². The van der Waals surface area contributed by atoms with E-state index in [0.717, 1.165) is 11.0 Å². The van der Waals surface area contributed by atoms with Crippen LogP contribution < -0.4 is 14.4 Å². The summed E-state index contributed by atoms with van der Waals surface area (Å²) in [6.07, 6.45) is -5.09. The van der Waals surface area contributed by atoms with Gasteiger partial charge in [0.15, 0.2) is 23.1 Å². The van der Waals surface area contributed by atoms with Crippen LogP contribution in [0.4, 0.5) is 37.0 Å². The molecule has 1 saturated heterocycles. The van der Waals surface area contributed by atoms with Gasteiger partial charge in [0.1, 0.15) is 12.1 Å². The summed E-state index contributed by atoms with van der Waals surface area (Å²) >= 11 is 0. The van der Waals surface area contributed by atoms with Crippen LogP contribution in [0.2, 0.25) is 0 Å². The Morgan fingerprint density at radius 3 is 2.71 bits per heavy atom. The average molecular weight is 448 g/mol. The molecule has 6 nitrogen and oxygen atoms in total. The van der Waals surface area contributed by atoms with E-state index >= 15 is 0 Å². The van der Waals surface area contributed by atoms with Gasteiger partial charge < -0.3 is 14.2 Å². The number of nitrogens with zero attached hydrogens (tertiary/aromatic N) is 2. The van der Waals surface area contributed by atoms with Crippen LogP contribution in [0.15, 0.2) is 30.5 Å². The number of aromatic nitrogens is 1. The van der Waals surface area contributed by atoms with Crippen LogP contribution in [0.1, 0.15) is 24.0 Å². The smallest absolute Gasteiger partial charge is 0.418 e. The zero-order chi connectivity index (χ0) is 22.4. The van der Waals surface area contributed by atoms with Gasteiger partial charge in [-0.3, -0.25) is 0 Å². The molecule has 31 heavy (non-hydrogen) atoms. The minimum atomic E-state index is -4.89. The predicted molar refractivity (Wildman–Crippen MR) is 92.5 cm³/mol. The van der Waals surface area contributed by atoms with Crippen molar-refractivity contribution in [1.82, 2.24) is 4.98 Å². The van der Waals surface area contributed by atoms with Crippen molar-refractivity contribution < 1.29 is 45.3 Å². The van der Waals surface area contributed by atoms with Crippen molar-refractivity contribution in [2.45, 2.75) is 31.2 Å². The summed E-state index contributed by atoms with van der Waals surface area (Å²) in [5.41, 5.74) is -2.61. The SMILES string of the molecule is O=C1OCC2(CCCOc3c(F)cccc32)N1c1ncc(C(F)(F)F)cc1OC(F)F. The van der Waals surface area contributed by atoms with Crippen molar-refractivity contribution in [2.24, 2.45) is 0 Å². The lowest BCUT2D eigenvalue weighted by atomic mass is 9.85. The van der Waals surface area contributed by atoms with Gasteiger partial charge in [-0.25, -0.2) is 19.1 Å². The largest absolute Gasteiger partial charge is 0.490 e. The lowest BCUT2D eigenvalue weighted by Crippen LogP contribution is -2.45. The van der Waals surface area contributed by atoms with Crippen LogP contribution in [0, 0.1) is 5.82 Å². The highest BCUT2D eigenvalue weighted by molar-refractivity contribution is 5.92. The Kier molecular flexibility index (Phi) is 5.10. The van der Waals surface area contributed by atoms with Crippen molar-refractivity contribution in [1.29, 1.82) is 0 Å². The topological polar surface area (TPSA) is 60.9 Å². The van der Waals surface area contributed by atoms with E-state index in [1.165, 1.54) is 12.1 Å². The van der Waals surface area contributed by atoms with Gasteiger partial charge in [0, 0.05) is 11.8 Å². The molecule has 0 bridgehead atoms. The maximum Gasteiger partial charge on any atom is 0.418 e. The van der Waals surface area contributed by atoms with Crippen LogP contribution in [0.25, 0.3) is 0 Å². The summed E-state index contributed by atoms with van der Waals surface area (Å²) in [4.78, 5) is 17.1. The summed E-state index contributed by atoms with van der Waals surface area (Å²) in [7, 11) is 0. The fourth-order valence-electron chi connectivity index (χ4n) is 3.79. The molecule has 0 aliphatic carbocycles. The molecule has 1 aromatic heterocycles. The molecule has 0 radical (unpaired) electrons. The first-order chi connectivity index (χ1) is 14.6. The van der Waals surface area contributed by atoms with E-state index < -0.39 is 47.4 Å². The molecule has 1 aromatic carbocycles.